The molecule has 1 heterocycles. The van der Waals surface area contributed by atoms with Gasteiger partial charge in [-0.25, -0.2) is 4.79 Å². The van der Waals surface area contributed by atoms with Gasteiger partial charge in [-0.1, -0.05) is 27.5 Å². The summed E-state index contributed by atoms with van der Waals surface area (Å²) in [5.74, 6) is -0.115. The van der Waals surface area contributed by atoms with E-state index in [0.717, 1.165) is 15.7 Å². The van der Waals surface area contributed by atoms with Gasteiger partial charge >= 0.3 is 5.63 Å². The maximum absolute atomic E-state index is 11.6. The molecule has 0 fully saturated rings. The van der Waals surface area contributed by atoms with Crippen molar-refractivity contribution in [2.24, 2.45) is 0 Å². The van der Waals surface area contributed by atoms with Gasteiger partial charge in [0.05, 0.1) is 5.02 Å². The van der Waals surface area contributed by atoms with E-state index in [1.165, 1.54) is 12.1 Å². The van der Waals surface area contributed by atoms with Gasteiger partial charge in [-0.2, -0.15) is 0 Å². The Kier molecular flexibility index (Phi) is 4.09. The summed E-state index contributed by atoms with van der Waals surface area (Å²) in [6.45, 7) is 0.435. The fourth-order valence-corrected chi connectivity index (χ4v) is 2.58. The first-order chi connectivity index (χ1) is 10.5. The van der Waals surface area contributed by atoms with Crippen molar-refractivity contribution in [1.29, 1.82) is 0 Å². The van der Waals surface area contributed by atoms with E-state index in [1.807, 2.05) is 24.3 Å². The summed E-state index contributed by atoms with van der Waals surface area (Å²) in [7, 11) is 0. The molecule has 0 unspecified atom stereocenters. The minimum Gasteiger partial charge on any atom is -0.506 e. The smallest absolute Gasteiger partial charge is 0.336 e. The predicted octanol–water partition coefficient (Wildman–Crippen LogP) is 4.53. The second-order valence-corrected chi connectivity index (χ2v) is 6.07. The van der Waals surface area contributed by atoms with Crippen molar-refractivity contribution in [3.63, 3.8) is 0 Å². The number of benzene rings is 2. The zero-order valence-electron chi connectivity index (χ0n) is 11.3. The van der Waals surface area contributed by atoms with Crippen molar-refractivity contribution in [2.45, 2.75) is 6.54 Å². The van der Waals surface area contributed by atoms with Gasteiger partial charge in [0.1, 0.15) is 11.3 Å². The van der Waals surface area contributed by atoms with Crippen LogP contribution in [0.3, 0.4) is 0 Å². The molecular formula is C16H11BrClNO3. The Morgan fingerprint density at radius 2 is 1.91 bits per heavy atom. The van der Waals surface area contributed by atoms with Gasteiger partial charge in [-0.15, -0.1) is 0 Å². The van der Waals surface area contributed by atoms with Crippen molar-refractivity contribution in [2.75, 3.05) is 5.32 Å². The largest absolute Gasteiger partial charge is 0.506 e. The Hall–Kier alpha value is -1.98. The number of fused-ring (bicyclic) bond motifs is 1. The lowest BCUT2D eigenvalue weighted by Crippen LogP contribution is -2.05. The van der Waals surface area contributed by atoms with E-state index < -0.39 is 5.63 Å². The molecule has 2 aromatic carbocycles. The Balaban J connectivity index is 1.97. The van der Waals surface area contributed by atoms with Crippen molar-refractivity contribution in [3.05, 3.63) is 67.9 Å². The van der Waals surface area contributed by atoms with Gasteiger partial charge in [-0.05, 0) is 35.9 Å². The molecule has 0 amide bonds. The molecule has 3 aromatic rings. The molecule has 0 radical (unpaired) electrons. The molecule has 112 valence electrons. The second-order valence-electron chi connectivity index (χ2n) is 4.75. The highest BCUT2D eigenvalue weighted by molar-refractivity contribution is 9.10. The monoisotopic (exact) mass is 379 g/mol. The third-order valence-corrected chi connectivity index (χ3v) is 4.06. The number of hydrogen-bond acceptors (Lipinski definition) is 4. The van der Waals surface area contributed by atoms with Crippen molar-refractivity contribution >= 4 is 44.2 Å². The van der Waals surface area contributed by atoms with Crippen molar-refractivity contribution in [1.82, 2.24) is 0 Å². The summed E-state index contributed by atoms with van der Waals surface area (Å²) < 4.78 is 6.09. The summed E-state index contributed by atoms with van der Waals surface area (Å²) in [5, 5.41) is 13.8. The van der Waals surface area contributed by atoms with Crippen LogP contribution in [0.2, 0.25) is 5.02 Å². The van der Waals surface area contributed by atoms with Crippen LogP contribution in [0, 0.1) is 0 Å². The Morgan fingerprint density at radius 1 is 1.18 bits per heavy atom. The normalized spacial score (nSPS) is 10.8. The molecule has 0 saturated carbocycles. The molecule has 0 aliphatic carbocycles. The first kappa shape index (κ1) is 14.9. The maximum Gasteiger partial charge on any atom is 0.336 e. The molecule has 0 spiro atoms. The van der Waals surface area contributed by atoms with E-state index in [9.17, 15) is 9.90 Å². The number of anilines is 1. The van der Waals surface area contributed by atoms with Gasteiger partial charge in [-0.3, -0.25) is 0 Å². The van der Waals surface area contributed by atoms with Crippen LogP contribution < -0.4 is 10.9 Å². The molecule has 3 rings (SSSR count). The molecule has 0 bridgehead atoms. The van der Waals surface area contributed by atoms with Crippen molar-refractivity contribution < 1.29 is 9.52 Å². The molecule has 4 nitrogen and oxygen atoms in total. The van der Waals surface area contributed by atoms with Gasteiger partial charge in [0.2, 0.25) is 0 Å². The molecule has 0 saturated heterocycles. The topological polar surface area (TPSA) is 62.5 Å². The lowest BCUT2D eigenvalue weighted by Gasteiger charge is -2.09. The number of rotatable bonds is 3. The van der Waals surface area contributed by atoms with Crippen molar-refractivity contribution in [3.8, 4) is 5.75 Å². The molecule has 2 N–H and O–H groups in total. The van der Waals surface area contributed by atoms with Crippen LogP contribution in [0.25, 0.3) is 11.0 Å². The van der Waals surface area contributed by atoms with Crippen LogP contribution in [0.1, 0.15) is 5.56 Å². The minimum absolute atomic E-state index is 0.115. The van der Waals surface area contributed by atoms with Crippen LogP contribution in [0.15, 0.2) is 56.1 Å². The highest BCUT2D eigenvalue weighted by Gasteiger charge is 2.09. The molecule has 6 heteroatoms. The lowest BCUT2D eigenvalue weighted by molar-refractivity contribution is 0.473. The van der Waals surface area contributed by atoms with Crippen LogP contribution in [-0.4, -0.2) is 5.11 Å². The van der Waals surface area contributed by atoms with E-state index in [0.29, 0.717) is 17.5 Å². The highest BCUT2D eigenvalue weighted by atomic mass is 79.9. The third-order valence-electron chi connectivity index (χ3n) is 3.22. The van der Waals surface area contributed by atoms with Crippen LogP contribution >= 0.6 is 27.5 Å². The summed E-state index contributed by atoms with van der Waals surface area (Å²) >= 11 is 9.32. The fourth-order valence-electron chi connectivity index (χ4n) is 2.15. The maximum atomic E-state index is 11.6. The number of hydrogen-bond donors (Lipinski definition) is 2. The third kappa shape index (κ3) is 3.10. The second kappa shape index (κ2) is 6.02. The SMILES string of the molecule is O=c1cc(CNc2ccc(Br)cc2)c2cc(Cl)c(O)cc2o1. The summed E-state index contributed by atoms with van der Waals surface area (Å²) in [4.78, 5) is 11.6. The van der Waals surface area contributed by atoms with E-state index in [1.54, 1.807) is 6.07 Å². The first-order valence-corrected chi connectivity index (χ1v) is 7.65. The quantitative estimate of drug-likeness (QED) is 0.656. The van der Waals surface area contributed by atoms with Gasteiger partial charge < -0.3 is 14.8 Å². The Labute approximate surface area is 139 Å². The minimum atomic E-state index is -0.471. The van der Waals surface area contributed by atoms with E-state index in [4.69, 9.17) is 16.0 Å². The fraction of sp³-hybridized carbons (Fsp3) is 0.0625. The van der Waals surface area contributed by atoms with Gasteiger partial charge in [0.15, 0.2) is 0 Å². The molecule has 0 atom stereocenters. The van der Waals surface area contributed by atoms with E-state index >= 15 is 0 Å². The zero-order valence-corrected chi connectivity index (χ0v) is 13.6. The summed E-state index contributed by atoms with van der Waals surface area (Å²) in [5.41, 5.74) is 1.51. The van der Waals surface area contributed by atoms with Crippen LogP contribution in [0.5, 0.6) is 5.75 Å². The molecule has 1 aromatic heterocycles. The number of halogens is 2. The molecule has 22 heavy (non-hydrogen) atoms. The Morgan fingerprint density at radius 3 is 2.64 bits per heavy atom. The number of aromatic hydroxyl groups is 1. The zero-order chi connectivity index (χ0) is 15.7. The van der Waals surface area contributed by atoms with E-state index in [2.05, 4.69) is 21.2 Å². The van der Waals surface area contributed by atoms with Gasteiger partial charge in [0.25, 0.3) is 0 Å². The number of nitrogens with one attached hydrogen (secondary N) is 1. The number of phenolic OH excluding ortho intramolecular Hbond substituents is 1. The predicted molar refractivity (Wildman–Crippen MR) is 90.6 cm³/mol. The number of phenols is 1. The highest BCUT2D eigenvalue weighted by Crippen LogP contribution is 2.30. The average molecular weight is 381 g/mol. The standard InChI is InChI=1S/C16H11BrClNO3/c17-10-1-3-11(4-2-10)19-8-9-5-16(21)22-15-7-14(20)13(18)6-12(9)15/h1-7,19-20H,8H2. The average Bonchev–Trinajstić information content (AvgIpc) is 2.48. The molecule has 0 aliphatic heterocycles. The lowest BCUT2D eigenvalue weighted by atomic mass is 10.1. The first-order valence-electron chi connectivity index (χ1n) is 6.47. The van der Waals surface area contributed by atoms with E-state index in [-0.39, 0.29) is 10.8 Å². The Bertz CT molecular complexity index is 890. The van der Waals surface area contributed by atoms with Crippen LogP contribution in [0.4, 0.5) is 5.69 Å². The van der Waals surface area contributed by atoms with Crippen LogP contribution in [-0.2, 0) is 6.54 Å². The summed E-state index contributed by atoms with van der Waals surface area (Å²) in [6.07, 6.45) is 0. The molecule has 0 aliphatic rings. The molecular weight excluding hydrogens is 370 g/mol. The van der Waals surface area contributed by atoms with Gasteiger partial charge in [0, 0.05) is 34.2 Å². The summed E-state index contributed by atoms with van der Waals surface area (Å²) in [6, 6.07) is 12.1.